The van der Waals surface area contributed by atoms with Crippen molar-refractivity contribution in [2.24, 2.45) is 5.92 Å². The van der Waals surface area contributed by atoms with E-state index in [1.54, 1.807) is 23.0 Å². The zero-order chi connectivity index (χ0) is 16.1. The molecule has 1 amide bonds. The van der Waals surface area contributed by atoms with Crippen LogP contribution in [0.1, 0.15) is 30.6 Å². The van der Waals surface area contributed by atoms with E-state index in [1.165, 1.54) is 6.20 Å². The lowest BCUT2D eigenvalue weighted by molar-refractivity contribution is 0.0850. The highest BCUT2D eigenvalue weighted by Gasteiger charge is 2.15. The van der Waals surface area contributed by atoms with Crippen molar-refractivity contribution in [2.75, 3.05) is 6.54 Å². The topological polar surface area (TPSA) is 67.2 Å². The van der Waals surface area contributed by atoms with Gasteiger partial charge in [-0.3, -0.25) is 4.79 Å². The molecule has 2 atom stereocenters. The molecule has 6 heteroatoms. The first-order valence-electron chi connectivity index (χ1n) is 7.28. The third kappa shape index (κ3) is 4.08. The molecule has 118 valence electrons. The predicted octanol–water partition coefficient (Wildman–Crippen LogP) is 2.66. The molecule has 0 saturated heterocycles. The van der Waals surface area contributed by atoms with Gasteiger partial charge in [-0.1, -0.05) is 31.9 Å². The fraction of sp³-hybridized carbons (Fsp3) is 0.375. The second-order valence-corrected chi connectivity index (χ2v) is 5.75. The van der Waals surface area contributed by atoms with Crippen molar-refractivity contribution in [2.45, 2.75) is 26.4 Å². The van der Waals surface area contributed by atoms with Crippen molar-refractivity contribution >= 4 is 17.5 Å². The van der Waals surface area contributed by atoms with E-state index in [9.17, 15) is 9.90 Å². The number of hydrogen-bond donors (Lipinski definition) is 2. The van der Waals surface area contributed by atoms with Gasteiger partial charge in [0.15, 0.2) is 0 Å². The molecule has 1 aromatic heterocycles. The Labute approximate surface area is 134 Å². The van der Waals surface area contributed by atoms with Crippen LogP contribution in [0, 0.1) is 5.92 Å². The van der Waals surface area contributed by atoms with Crippen molar-refractivity contribution < 1.29 is 9.90 Å². The summed E-state index contributed by atoms with van der Waals surface area (Å²) >= 11 is 5.85. The Kier molecular flexibility index (Phi) is 5.57. The molecule has 0 aliphatic rings. The van der Waals surface area contributed by atoms with Gasteiger partial charge in [-0.05, 0) is 30.2 Å². The minimum Gasteiger partial charge on any atom is -0.391 e. The molecule has 1 heterocycles. The van der Waals surface area contributed by atoms with Crippen molar-refractivity contribution in [1.82, 2.24) is 15.1 Å². The number of aromatic nitrogens is 2. The van der Waals surface area contributed by atoms with E-state index in [0.717, 1.165) is 12.1 Å². The fourth-order valence-corrected chi connectivity index (χ4v) is 2.07. The maximum absolute atomic E-state index is 12.1. The van der Waals surface area contributed by atoms with E-state index >= 15 is 0 Å². The minimum absolute atomic E-state index is 0.150. The molecule has 0 spiro atoms. The highest BCUT2D eigenvalue weighted by molar-refractivity contribution is 6.30. The number of aliphatic hydroxyl groups excluding tert-OH is 1. The Hall–Kier alpha value is -1.85. The van der Waals surface area contributed by atoms with Crippen molar-refractivity contribution in [3.05, 3.63) is 47.2 Å². The second kappa shape index (κ2) is 7.42. The maximum atomic E-state index is 12.1. The number of hydrogen-bond acceptors (Lipinski definition) is 3. The van der Waals surface area contributed by atoms with E-state index in [2.05, 4.69) is 10.4 Å². The molecule has 0 aliphatic heterocycles. The summed E-state index contributed by atoms with van der Waals surface area (Å²) in [6.45, 7) is 4.20. The number of nitrogens with zero attached hydrogens (tertiary/aromatic N) is 2. The van der Waals surface area contributed by atoms with E-state index in [1.807, 2.05) is 26.0 Å². The molecule has 5 nitrogen and oxygen atoms in total. The first kappa shape index (κ1) is 16.5. The summed E-state index contributed by atoms with van der Waals surface area (Å²) in [5.41, 5.74) is 1.27. The minimum atomic E-state index is -0.541. The zero-order valence-electron chi connectivity index (χ0n) is 12.7. The largest absolute Gasteiger partial charge is 0.391 e. The number of nitrogens with one attached hydrogen (secondary N) is 1. The molecule has 0 saturated carbocycles. The first-order valence-corrected chi connectivity index (χ1v) is 7.66. The number of halogens is 1. The Bertz CT molecular complexity index is 625. The van der Waals surface area contributed by atoms with Crippen molar-refractivity contribution in [3.63, 3.8) is 0 Å². The molecule has 0 aliphatic carbocycles. The third-order valence-electron chi connectivity index (χ3n) is 3.71. The molecule has 2 unspecified atom stereocenters. The number of benzene rings is 1. The van der Waals surface area contributed by atoms with Crippen LogP contribution in [0.2, 0.25) is 5.02 Å². The van der Waals surface area contributed by atoms with Gasteiger partial charge in [-0.2, -0.15) is 5.10 Å². The Balaban J connectivity index is 1.99. The van der Waals surface area contributed by atoms with Crippen LogP contribution in [0.4, 0.5) is 0 Å². The average molecular weight is 322 g/mol. The van der Waals surface area contributed by atoms with Crippen molar-refractivity contribution in [3.8, 4) is 5.69 Å². The van der Waals surface area contributed by atoms with Crippen LogP contribution in [-0.2, 0) is 0 Å². The van der Waals surface area contributed by atoms with Gasteiger partial charge in [0.1, 0.15) is 0 Å². The summed E-state index contributed by atoms with van der Waals surface area (Å²) in [7, 11) is 0. The standard InChI is InChI=1S/C16H20ClN3O2/c1-3-11(2)15(21)9-18-16(22)12-8-19-20(10-12)14-6-4-13(17)5-7-14/h4-8,10-11,15,21H,3,9H2,1-2H3,(H,18,22). The molecular formula is C16H20ClN3O2. The number of rotatable bonds is 6. The maximum Gasteiger partial charge on any atom is 0.254 e. The smallest absolute Gasteiger partial charge is 0.254 e. The highest BCUT2D eigenvalue weighted by atomic mass is 35.5. The van der Waals surface area contributed by atoms with E-state index in [4.69, 9.17) is 11.6 Å². The number of aliphatic hydroxyl groups is 1. The molecule has 2 aromatic rings. The molecule has 2 rings (SSSR count). The fourth-order valence-electron chi connectivity index (χ4n) is 1.95. The highest BCUT2D eigenvalue weighted by Crippen LogP contribution is 2.13. The van der Waals surface area contributed by atoms with E-state index in [0.29, 0.717) is 10.6 Å². The number of carbonyl (C=O) groups excluding carboxylic acids is 1. The third-order valence-corrected chi connectivity index (χ3v) is 3.96. The average Bonchev–Trinajstić information content (AvgIpc) is 3.02. The summed E-state index contributed by atoms with van der Waals surface area (Å²) in [4.78, 5) is 12.1. The van der Waals surface area contributed by atoms with Crippen LogP contribution >= 0.6 is 11.6 Å². The van der Waals surface area contributed by atoms with Gasteiger partial charge < -0.3 is 10.4 Å². The Morgan fingerprint density at radius 2 is 2.09 bits per heavy atom. The quantitative estimate of drug-likeness (QED) is 0.859. The summed E-state index contributed by atoms with van der Waals surface area (Å²) in [5.74, 6) is -0.0975. The van der Waals surface area contributed by atoms with Gasteiger partial charge in [0.25, 0.3) is 5.91 Å². The predicted molar refractivity (Wildman–Crippen MR) is 86.4 cm³/mol. The zero-order valence-corrected chi connectivity index (χ0v) is 13.4. The van der Waals surface area contributed by atoms with Crippen LogP contribution < -0.4 is 5.32 Å². The van der Waals surface area contributed by atoms with Gasteiger partial charge in [0.2, 0.25) is 0 Å². The lowest BCUT2D eigenvalue weighted by Gasteiger charge is -2.17. The van der Waals surface area contributed by atoms with Gasteiger partial charge in [0, 0.05) is 17.8 Å². The molecular weight excluding hydrogens is 302 g/mol. The van der Waals surface area contributed by atoms with Gasteiger partial charge in [0.05, 0.1) is 23.6 Å². The molecule has 2 N–H and O–H groups in total. The normalized spacial score (nSPS) is 13.6. The first-order chi connectivity index (χ1) is 10.5. The van der Waals surface area contributed by atoms with Gasteiger partial charge in [-0.25, -0.2) is 4.68 Å². The van der Waals surface area contributed by atoms with Crippen LogP contribution in [0.3, 0.4) is 0 Å². The van der Waals surface area contributed by atoms with Gasteiger partial charge in [-0.15, -0.1) is 0 Å². The van der Waals surface area contributed by atoms with Crippen LogP contribution in [0.5, 0.6) is 0 Å². The van der Waals surface area contributed by atoms with E-state index < -0.39 is 6.10 Å². The van der Waals surface area contributed by atoms with Crippen molar-refractivity contribution in [1.29, 1.82) is 0 Å². The Morgan fingerprint density at radius 3 is 2.73 bits per heavy atom. The Morgan fingerprint density at radius 1 is 1.41 bits per heavy atom. The molecule has 0 radical (unpaired) electrons. The molecule has 1 aromatic carbocycles. The lowest BCUT2D eigenvalue weighted by atomic mass is 10.0. The van der Waals surface area contributed by atoms with E-state index in [-0.39, 0.29) is 18.4 Å². The second-order valence-electron chi connectivity index (χ2n) is 5.31. The SMILES string of the molecule is CCC(C)C(O)CNC(=O)c1cnn(-c2ccc(Cl)cc2)c1. The monoisotopic (exact) mass is 321 g/mol. The summed E-state index contributed by atoms with van der Waals surface area (Å²) in [5, 5.41) is 17.4. The van der Waals surface area contributed by atoms with Crippen LogP contribution in [-0.4, -0.2) is 33.4 Å². The molecule has 0 bridgehead atoms. The lowest BCUT2D eigenvalue weighted by Crippen LogP contribution is -2.35. The summed E-state index contributed by atoms with van der Waals surface area (Å²) < 4.78 is 1.61. The van der Waals surface area contributed by atoms with Gasteiger partial charge >= 0.3 is 0 Å². The number of carbonyl (C=O) groups is 1. The molecule has 0 fully saturated rings. The summed E-state index contributed by atoms with van der Waals surface area (Å²) in [6, 6.07) is 7.18. The van der Waals surface area contributed by atoms with Crippen LogP contribution in [0.15, 0.2) is 36.7 Å². The molecule has 22 heavy (non-hydrogen) atoms. The van der Waals surface area contributed by atoms with Crippen LogP contribution in [0.25, 0.3) is 5.69 Å². The number of amides is 1. The summed E-state index contributed by atoms with van der Waals surface area (Å²) in [6.07, 6.45) is 3.47.